The van der Waals surface area contributed by atoms with Crippen LogP contribution in [0.5, 0.6) is 0 Å². The summed E-state index contributed by atoms with van der Waals surface area (Å²) in [5.74, 6) is -0.338. The van der Waals surface area contributed by atoms with Crippen LogP contribution in [0, 0.1) is 0 Å². The van der Waals surface area contributed by atoms with E-state index in [0.29, 0.717) is 23.0 Å². The number of rotatable bonds is 3. The predicted molar refractivity (Wildman–Crippen MR) is 71.1 cm³/mol. The zero-order chi connectivity index (χ0) is 13.3. The molecule has 0 saturated heterocycles. The van der Waals surface area contributed by atoms with Crippen LogP contribution in [0.25, 0.3) is 11.0 Å². The van der Waals surface area contributed by atoms with Crippen LogP contribution in [-0.2, 0) is 4.74 Å². The number of hydrogen-bond donors (Lipinski definition) is 0. The molecule has 0 atom stereocenters. The summed E-state index contributed by atoms with van der Waals surface area (Å²) in [6.45, 7) is 6.21. The standard InChI is InChI=1S/C13H15ClN2O2/c1-4-18-12(17)9-5-6-11-10(7-9)15-13(14)16(11)8(2)3/h5-8H,4H2,1-3H3. The molecule has 0 amide bonds. The SMILES string of the molecule is CCOC(=O)c1ccc2c(c1)nc(Cl)n2C(C)C. The van der Waals surface area contributed by atoms with Gasteiger partial charge in [0.05, 0.1) is 23.2 Å². The zero-order valence-electron chi connectivity index (χ0n) is 10.6. The molecule has 96 valence electrons. The second kappa shape index (κ2) is 4.98. The Balaban J connectivity index is 2.51. The fourth-order valence-corrected chi connectivity index (χ4v) is 2.28. The smallest absolute Gasteiger partial charge is 0.338 e. The molecule has 2 rings (SSSR count). The van der Waals surface area contributed by atoms with E-state index in [1.54, 1.807) is 19.1 Å². The molecule has 1 aromatic heterocycles. The molecule has 0 aliphatic carbocycles. The Bertz CT molecular complexity index is 590. The molecule has 0 fully saturated rings. The number of esters is 1. The molecule has 0 radical (unpaired) electrons. The van der Waals surface area contributed by atoms with Gasteiger partial charge in [-0.2, -0.15) is 0 Å². The Morgan fingerprint density at radius 1 is 1.50 bits per heavy atom. The van der Waals surface area contributed by atoms with Crippen LogP contribution in [0.2, 0.25) is 5.28 Å². The van der Waals surface area contributed by atoms with E-state index >= 15 is 0 Å². The van der Waals surface area contributed by atoms with Crippen molar-refractivity contribution in [2.24, 2.45) is 0 Å². The summed E-state index contributed by atoms with van der Waals surface area (Å²) in [6.07, 6.45) is 0. The molecule has 2 aromatic rings. The van der Waals surface area contributed by atoms with E-state index < -0.39 is 0 Å². The zero-order valence-corrected chi connectivity index (χ0v) is 11.4. The molecular weight excluding hydrogens is 252 g/mol. The van der Waals surface area contributed by atoms with Crippen molar-refractivity contribution >= 4 is 28.6 Å². The maximum atomic E-state index is 11.6. The second-order valence-corrected chi connectivity index (χ2v) is 4.61. The van der Waals surface area contributed by atoms with Crippen LogP contribution in [0.4, 0.5) is 0 Å². The number of carbonyl (C=O) groups excluding carboxylic acids is 1. The Hall–Kier alpha value is -1.55. The molecule has 0 unspecified atom stereocenters. The van der Waals surface area contributed by atoms with Crippen molar-refractivity contribution in [3.63, 3.8) is 0 Å². The number of fused-ring (bicyclic) bond motifs is 1. The minimum atomic E-state index is -0.338. The van der Waals surface area contributed by atoms with Gasteiger partial charge in [-0.05, 0) is 50.6 Å². The summed E-state index contributed by atoms with van der Waals surface area (Å²) in [5, 5.41) is 0.431. The monoisotopic (exact) mass is 266 g/mol. The van der Waals surface area contributed by atoms with Gasteiger partial charge in [0.15, 0.2) is 0 Å². The van der Waals surface area contributed by atoms with E-state index in [2.05, 4.69) is 4.98 Å². The number of nitrogens with zero attached hydrogens (tertiary/aromatic N) is 2. The summed E-state index contributed by atoms with van der Waals surface area (Å²) in [4.78, 5) is 15.9. The van der Waals surface area contributed by atoms with Crippen LogP contribution in [0.15, 0.2) is 18.2 Å². The first-order valence-electron chi connectivity index (χ1n) is 5.89. The van der Waals surface area contributed by atoms with Crippen molar-refractivity contribution < 1.29 is 9.53 Å². The number of imidazole rings is 1. The number of ether oxygens (including phenoxy) is 1. The van der Waals surface area contributed by atoms with Gasteiger partial charge in [0.25, 0.3) is 0 Å². The molecule has 0 aliphatic heterocycles. The number of benzene rings is 1. The normalized spacial score (nSPS) is 11.2. The summed E-state index contributed by atoms with van der Waals surface area (Å²) in [6, 6.07) is 5.51. The maximum Gasteiger partial charge on any atom is 0.338 e. The molecule has 0 saturated carbocycles. The number of aromatic nitrogens is 2. The van der Waals surface area contributed by atoms with Gasteiger partial charge in [0, 0.05) is 6.04 Å². The van der Waals surface area contributed by atoms with Gasteiger partial charge in [-0.3, -0.25) is 0 Å². The average Bonchev–Trinajstić information content (AvgIpc) is 2.63. The van der Waals surface area contributed by atoms with E-state index in [1.165, 1.54) is 0 Å². The number of halogens is 1. The highest BCUT2D eigenvalue weighted by Gasteiger charge is 2.14. The van der Waals surface area contributed by atoms with Gasteiger partial charge >= 0.3 is 5.97 Å². The summed E-state index contributed by atoms with van der Waals surface area (Å²) >= 11 is 6.09. The van der Waals surface area contributed by atoms with Crippen molar-refractivity contribution in [1.82, 2.24) is 9.55 Å². The minimum Gasteiger partial charge on any atom is -0.462 e. The first-order chi connectivity index (χ1) is 8.54. The quantitative estimate of drug-likeness (QED) is 0.799. The van der Waals surface area contributed by atoms with Crippen LogP contribution in [-0.4, -0.2) is 22.1 Å². The fourth-order valence-electron chi connectivity index (χ4n) is 1.90. The average molecular weight is 267 g/mol. The summed E-state index contributed by atoms with van der Waals surface area (Å²) < 4.78 is 6.88. The lowest BCUT2D eigenvalue weighted by atomic mass is 10.2. The van der Waals surface area contributed by atoms with E-state index in [4.69, 9.17) is 16.3 Å². The molecule has 1 heterocycles. The molecule has 0 spiro atoms. The van der Waals surface area contributed by atoms with Gasteiger partial charge in [0.1, 0.15) is 0 Å². The van der Waals surface area contributed by atoms with Crippen LogP contribution >= 0.6 is 11.6 Å². The Morgan fingerprint density at radius 2 is 2.22 bits per heavy atom. The topological polar surface area (TPSA) is 44.1 Å². The second-order valence-electron chi connectivity index (χ2n) is 4.27. The highest BCUT2D eigenvalue weighted by Crippen LogP contribution is 2.25. The Labute approximate surface area is 111 Å². The third-order valence-corrected chi connectivity index (χ3v) is 2.94. The van der Waals surface area contributed by atoms with Crippen molar-refractivity contribution in [2.75, 3.05) is 6.61 Å². The fraction of sp³-hybridized carbons (Fsp3) is 0.385. The van der Waals surface area contributed by atoms with E-state index in [-0.39, 0.29) is 12.0 Å². The van der Waals surface area contributed by atoms with Gasteiger partial charge in [-0.1, -0.05) is 0 Å². The lowest BCUT2D eigenvalue weighted by Crippen LogP contribution is -2.04. The largest absolute Gasteiger partial charge is 0.462 e. The van der Waals surface area contributed by atoms with Gasteiger partial charge in [-0.25, -0.2) is 9.78 Å². The highest BCUT2D eigenvalue weighted by molar-refractivity contribution is 6.29. The number of hydrogen-bond acceptors (Lipinski definition) is 3. The van der Waals surface area contributed by atoms with Gasteiger partial charge in [-0.15, -0.1) is 0 Å². The van der Waals surface area contributed by atoms with E-state index in [1.807, 2.05) is 24.5 Å². The molecule has 4 nitrogen and oxygen atoms in total. The van der Waals surface area contributed by atoms with Crippen molar-refractivity contribution in [3.05, 3.63) is 29.0 Å². The molecule has 0 bridgehead atoms. The molecule has 0 N–H and O–H groups in total. The molecular formula is C13H15ClN2O2. The van der Waals surface area contributed by atoms with Crippen molar-refractivity contribution in [1.29, 1.82) is 0 Å². The van der Waals surface area contributed by atoms with Crippen LogP contribution in [0.3, 0.4) is 0 Å². The molecule has 1 aromatic carbocycles. The van der Waals surface area contributed by atoms with E-state index in [9.17, 15) is 4.79 Å². The van der Waals surface area contributed by atoms with Gasteiger partial charge in [0.2, 0.25) is 5.28 Å². The first-order valence-corrected chi connectivity index (χ1v) is 6.27. The maximum absolute atomic E-state index is 11.6. The van der Waals surface area contributed by atoms with Crippen molar-refractivity contribution in [3.8, 4) is 0 Å². The first kappa shape index (κ1) is 12.9. The summed E-state index contributed by atoms with van der Waals surface area (Å²) in [7, 11) is 0. The van der Waals surface area contributed by atoms with Crippen LogP contribution in [0.1, 0.15) is 37.2 Å². The Kier molecular flexibility index (Phi) is 3.57. The minimum absolute atomic E-state index is 0.218. The molecule has 5 heteroatoms. The predicted octanol–water partition coefficient (Wildman–Crippen LogP) is 3.45. The lowest BCUT2D eigenvalue weighted by Gasteiger charge is -2.09. The van der Waals surface area contributed by atoms with E-state index in [0.717, 1.165) is 5.52 Å². The Morgan fingerprint density at radius 3 is 2.83 bits per heavy atom. The van der Waals surface area contributed by atoms with Crippen molar-refractivity contribution in [2.45, 2.75) is 26.8 Å². The number of carbonyl (C=O) groups is 1. The third-order valence-electron chi connectivity index (χ3n) is 2.67. The highest BCUT2D eigenvalue weighted by atomic mass is 35.5. The molecule has 0 aliphatic rings. The van der Waals surface area contributed by atoms with Gasteiger partial charge < -0.3 is 9.30 Å². The molecule has 18 heavy (non-hydrogen) atoms. The van der Waals surface area contributed by atoms with Crippen LogP contribution < -0.4 is 0 Å². The third kappa shape index (κ3) is 2.20. The summed E-state index contributed by atoms with van der Waals surface area (Å²) in [5.41, 5.74) is 2.12. The lowest BCUT2D eigenvalue weighted by molar-refractivity contribution is 0.0526.